The van der Waals surface area contributed by atoms with Crippen molar-refractivity contribution < 1.29 is 5.11 Å². The topological polar surface area (TPSA) is 20.2 Å². The van der Waals surface area contributed by atoms with Crippen LogP contribution in [-0.4, -0.2) is 11.2 Å². The molecule has 0 radical (unpaired) electrons. The maximum Gasteiger partial charge on any atom is 0.116 e. The van der Waals surface area contributed by atoms with Crippen molar-refractivity contribution in [1.29, 1.82) is 0 Å². The average molecular weight is 260 g/mol. The molecule has 2 aromatic carbocycles. The summed E-state index contributed by atoms with van der Waals surface area (Å²) < 4.78 is 0. The van der Waals surface area contributed by atoms with Crippen LogP contribution in [0.5, 0.6) is 0 Å². The van der Waals surface area contributed by atoms with E-state index >= 15 is 0 Å². The predicted molar refractivity (Wildman–Crippen MR) is 81.9 cm³/mol. The Balaban J connectivity index is 1.81. The van der Waals surface area contributed by atoms with Gasteiger partial charge in [-0.1, -0.05) is 60.1 Å². The summed E-state index contributed by atoms with van der Waals surface area (Å²) >= 11 is 0. The van der Waals surface area contributed by atoms with Crippen molar-refractivity contribution in [3.05, 3.63) is 71.8 Å². The molecular formula is C19H16O. The van der Waals surface area contributed by atoms with Crippen LogP contribution in [0.25, 0.3) is 0 Å². The Labute approximate surface area is 120 Å². The lowest BCUT2D eigenvalue weighted by molar-refractivity contribution is 0.224. The van der Waals surface area contributed by atoms with Gasteiger partial charge in [0.15, 0.2) is 0 Å². The highest BCUT2D eigenvalue weighted by Gasteiger charge is 1.96. The molecule has 0 spiro atoms. The van der Waals surface area contributed by atoms with Gasteiger partial charge in [0.1, 0.15) is 6.10 Å². The molecule has 0 bridgehead atoms. The molecule has 1 heteroatoms. The molecule has 0 heterocycles. The molecule has 98 valence electrons. The standard InChI is InChI=1S/C19H16O/c20-19(16-15-18-11-5-2-6-12-18)14-8-7-13-17-9-3-1-4-10-17/h1-6,9-12,19-20H,8,14H2. The lowest BCUT2D eigenvalue weighted by atomic mass is 10.1. The van der Waals surface area contributed by atoms with Crippen molar-refractivity contribution in [2.24, 2.45) is 0 Å². The summed E-state index contributed by atoms with van der Waals surface area (Å²) in [4.78, 5) is 0. The minimum atomic E-state index is -0.625. The van der Waals surface area contributed by atoms with E-state index in [2.05, 4.69) is 23.7 Å². The molecule has 2 rings (SSSR count). The fourth-order valence-corrected chi connectivity index (χ4v) is 1.66. The molecular weight excluding hydrogens is 244 g/mol. The second kappa shape index (κ2) is 7.85. The third-order valence-corrected chi connectivity index (χ3v) is 2.71. The largest absolute Gasteiger partial charge is 0.380 e. The summed E-state index contributed by atoms with van der Waals surface area (Å²) in [6, 6.07) is 19.5. The summed E-state index contributed by atoms with van der Waals surface area (Å²) in [5.74, 6) is 11.9. The van der Waals surface area contributed by atoms with Crippen molar-refractivity contribution in [2.45, 2.75) is 18.9 Å². The Hall–Kier alpha value is -2.48. The molecule has 1 nitrogen and oxygen atoms in total. The lowest BCUT2D eigenvalue weighted by Crippen LogP contribution is -2.01. The van der Waals surface area contributed by atoms with Gasteiger partial charge in [0.2, 0.25) is 0 Å². The minimum absolute atomic E-state index is 0.569. The molecule has 2 aromatic rings. The summed E-state index contributed by atoms with van der Waals surface area (Å²) in [7, 11) is 0. The van der Waals surface area contributed by atoms with Crippen LogP contribution in [0.2, 0.25) is 0 Å². The normalized spacial score (nSPS) is 10.7. The van der Waals surface area contributed by atoms with Gasteiger partial charge < -0.3 is 5.11 Å². The molecule has 0 aliphatic carbocycles. The number of hydrogen-bond acceptors (Lipinski definition) is 1. The molecule has 0 aromatic heterocycles. The molecule has 1 unspecified atom stereocenters. The maximum atomic E-state index is 9.77. The van der Waals surface area contributed by atoms with Gasteiger partial charge in [-0.3, -0.25) is 0 Å². The molecule has 20 heavy (non-hydrogen) atoms. The van der Waals surface area contributed by atoms with E-state index in [1.807, 2.05) is 60.7 Å². The molecule has 0 amide bonds. The molecule has 0 fully saturated rings. The van der Waals surface area contributed by atoms with E-state index in [0.717, 1.165) is 11.1 Å². The van der Waals surface area contributed by atoms with Crippen LogP contribution in [0.15, 0.2) is 60.7 Å². The van der Waals surface area contributed by atoms with E-state index in [0.29, 0.717) is 12.8 Å². The number of benzene rings is 2. The number of rotatable bonds is 2. The first kappa shape index (κ1) is 13.9. The van der Waals surface area contributed by atoms with Gasteiger partial charge in [-0.15, -0.1) is 0 Å². The minimum Gasteiger partial charge on any atom is -0.380 e. The van der Waals surface area contributed by atoms with Crippen molar-refractivity contribution in [2.75, 3.05) is 0 Å². The average Bonchev–Trinajstić information content (AvgIpc) is 2.52. The Bertz CT molecular complexity index is 636. The fourth-order valence-electron chi connectivity index (χ4n) is 1.66. The van der Waals surface area contributed by atoms with Gasteiger partial charge in [0.25, 0.3) is 0 Å². The monoisotopic (exact) mass is 260 g/mol. The Morgan fingerprint density at radius 1 is 0.800 bits per heavy atom. The van der Waals surface area contributed by atoms with Gasteiger partial charge >= 0.3 is 0 Å². The van der Waals surface area contributed by atoms with Gasteiger partial charge in [0, 0.05) is 17.5 Å². The molecule has 1 atom stereocenters. The summed E-state index contributed by atoms with van der Waals surface area (Å²) in [6.45, 7) is 0. The van der Waals surface area contributed by atoms with E-state index in [9.17, 15) is 5.11 Å². The zero-order chi connectivity index (χ0) is 14.0. The highest BCUT2D eigenvalue weighted by Crippen LogP contribution is 1.99. The van der Waals surface area contributed by atoms with Crippen LogP contribution in [-0.2, 0) is 0 Å². The van der Waals surface area contributed by atoms with E-state index < -0.39 is 6.10 Å². The van der Waals surface area contributed by atoms with Crippen LogP contribution >= 0.6 is 0 Å². The van der Waals surface area contributed by atoms with Crippen LogP contribution in [0.3, 0.4) is 0 Å². The second-order valence-corrected chi connectivity index (χ2v) is 4.36. The van der Waals surface area contributed by atoms with Crippen molar-refractivity contribution in [3.8, 4) is 23.7 Å². The highest BCUT2D eigenvalue weighted by atomic mass is 16.3. The first-order valence-corrected chi connectivity index (χ1v) is 6.63. The first-order chi connectivity index (χ1) is 9.84. The van der Waals surface area contributed by atoms with Crippen molar-refractivity contribution in [3.63, 3.8) is 0 Å². The van der Waals surface area contributed by atoms with Gasteiger partial charge in [-0.2, -0.15) is 0 Å². The number of aliphatic hydroxyl groups excluding tert-OH is 1. The quantitative estimate of drug-likeness (QED) is 0.822. The van der Waals surface area contributed by atoms with Crippen LogP contribution in [0, 0.1) is 23.7 Å². The van der Waals surface area contributed by atoms with E-state index in [-0.39, 0.29) is 0 Å². The SMILES string of the molecule is OC(C#Cc1ccccc1)CCC#Cc1ccccc1. The molecule has 1 N–H and O–H groups in total. The lowest BCUT2D eigenvalue weighted by Gasteiger charge is -1.97. The summed E-state index contributed by atoms with van der Waals surface area (Å²) in [6.07, 6.45) is 0.583. The van der Waals surface area contributed by atoms with Crippen molar-refractivity contribution >= 4 is 0 Å². The molecule has 0 saturated carbocycles. The van der Waals surface area contributed by atoms with Gasteiger partial charge in [-0.05, 0) is 30.7 Å². The van der Waals surface area contributed by atoms with E-state index in [1.54, 1.807) is 0 Å². The van der Waals surface area contributed by atoms with E-state index in [1.165, 1.54) is 0 Å². The van der Waals surface area contributed by atoms with Crippen LogP contribution in [0.1, 0.15) is 24.0 Å². The Kier molecular flexibility index (Phi) is 5.47. The Morgan fingerprint density at radius 2 is 1.35 bits per heavy atom. The van der Waals surface area contributed by atoms with Crippen molar-refractivity contribution in [1.82, 2.24) is 0 Å². The first-order valence-electron chi connectivity index (χ1n) is 6.63. The predicted octanol–water partition coefficient (Wildman–Crippen LogP) is 3.23. The molecule has 0 saturated heterocycles. The smallest absolute Gasteiger partial charge is 0.116 e. The number of hydrogen-bond donors (Lipinski definition) is 1. The third-order valence-electron chi connectivity index (χ3n) is 2.71. The molecule has 0 aliphatic heterocycles. The van der Waals surface area contributed by atoms with E-state index in [4.69, 9.17) is 0 Å². The van der Waals surface area contributed by atoms with Crippen LogP contribution in [0.4, 0.5) is 0 Å². The fraction of sp³-hybridized carbons (Fsp3) is 0.158. The molecule has 0 aliphatic rings. The zero-order valence-electron chi connectivity index (χ0n) is 11.2. The summed E-state index contributed by atoms with van der Waals surface area (Å²) in [5, 5.41) is 9.77. The number of aliphatic hydroxyl groups is 1. The maximum absolute atomic E-state index is 9.77. The highest BCUT2D eigenvalue weighted by molar-refractivity contribution is 5.35. The van der Waals surface area contributed by atoms with Crippen LogP contribution < -0.4 is 0 Å². The van der Waals surface area contributed by atoms with Gasteiger partial charge in [-0.25, -0.2) is 0 Å². The Morgan fingerprint density at radius 3 is 1.95 bits per heavy atom. The summed E-state index contributed by atoms with van der Waals surface area (Å²) in [5.41, 5.74) is 1.92. The third kappa shape index (κ3) is 5.02. The second-order valence-electron chi connectivity index (χ2n) is 4.36. The zero-order valence-corrected chi connectivity index (χ0v) is 11.2. The van der Waals surface area contributed by atoms with Gasteiger partial charge in [0.05, 0.1) is 0 Å².